The Kier molecular flexibility index (Phi) is 3.46. The molecule has 1 aromatic rings. The lowest BCUT2D eigenvalue weighted by molar-refractivity contribution is 0.346. The normalized spacial score (nSPS) is 19.4. The highest BCUT2D eigenvalue weighted by molar-refractivity contribution is 5.47. The van der Waals surface area contributed by atoms with Crippen molar-refractivity contribution in [3.05, 3.63) is 29.8 Å². The van der Waals surface area contributed by atoms with Crippen molar-refractivity contribution in [3.8, 4) is 0 Å². The maximum atomic E-state index is 5.93. The van der Waals surface area contributed by atoms with E-state index >= 15 is 0 Å². The van der Waals surface area contributed by atoms with Crippen molar-refractivity contribution in [2.24, 2.45) is 5.73 Å². The summed E-state index contributed by atoms with van der Waals surface area (Å²) in [6.45, 7) is 4.90. The first-order chi connectivity index (χ1) is 7.74. The molecule has 3 heteroatoms. The van der Waals surface area contributed by atoms with Crippen molar-refractivity contribution in [2.45, 2.75) is 25.3 Å². The molecule has 1 aromatic carbocycles. The summed E-state index contributed by atoms with van der Waals surface area (Å²) >= 11 is 0. The van der Waals surface area contributed by atoms with Gasteiger partial charge in [0.15, 0.2) is 0 Å². The SMILES string of the molecule is Cc1ccc(NC2(CN)CCNCC2)cc1. The van der Waals surface area contributed by atoms with Gasteiger partial charge >= 0.3 is 0 Å². The maximum absolute atomic E-state index is 5.93. The third kappa shape index (κ3) is 2.54. The minimum absolute atomic E-state index is 0.0838. The van der Waals surface area contributed by atoms with Gasteiger partial charge < -0.3 is 16.4 Å². The monoisotopic (exact) mass is 219 g/mol. The molecule has 0 amide bonds. The highest BCUT2D eigenvalue weighted by Crippen LogP contribution is 2.23. The molecular formula is C13H21N3. The van der Waals surface area contributed by atoms with Gasteiger partial charge in [0.1, 0.15) is 0 Å². The van der Waals surface area contributed by atoms with Crippen molar-refractivity contribution in [1.29, 1.82) is 0 Å². The van der Waals surface area contributed by atoms with Gasteiger partial charge in [0, 0.05) is 12.2 Å². The molecule has 0 atom stereocenters. The summed E-state index contributed by atoms with van der Waals surface area (Å²) in [6, 6.07) is 8.53. The molecule has 3 nitrogen and oxygen atoms in total. The van der Waals surface area contributed by atoms with Crippen molar-refractivity contribution in [2.75, 3.05) is 25.0 Å². The van der Waals surface area contributed by atoms with E-state index in [9.17, 15) is 0 Å². The Labute approximate surface area is 97.4 Å². The van der Waals surface area contributed by atoms with Crippen LogP contribution in [0.3, 0.4) is 0 Å². The first-order valence-corrected chi connectivity index (χ1v) is 6.00. The average molecular weight is 219 g/mol. The topological polar surface area (TPSA) is 50.1 Å². The molecular weight excluding hydrogens is 198 g/mol. The second kappa shape index (κ2) is 4.85. The fourth-order valence-corrected chi connectivity index (χ4v) is 2.23. The van der Waals surface area contributed by atoms with Crippen LogP contribution in [0.25, 0.3) is 0 Å². The summed E-state index contributed by atoms with van der Waals surface area (Å²) in [7, 11) is 0. The molecule has 1 heterocycles. The summed E-state index contributed by atoms with van der Waals surface area (Å²) in [6.07, 6.45) is 2.19. The zero-order chi connectivity index (χ0) is 11.4. The van der Waals surface area contributed by atoms with E-state index in [1.54, 1.807) is 0 Å². The van der Waals surface area contributed by atoms with E-state index in [1.165, 1.54) is 11.3 Å². The predicted octanol–water partition coefficient (Wildman–Crippen LogP) is 1.49. The van der Waals surface area contributed by atoms with Crippen molar-refractivity contribution in [1.82, 2.24) is 5.32 Å². The van der Waals surface area contributed by atoms with Gasteiger partial charge in [-0.3, -0.25) is 0 Å². The van der Waals surface area contributed by atoms with Crippen LogP contribution >= 0.6 is 0 Å². The standard InChI is InChI=1S/C13H21N3/c1-11-2-4-12(5-3-11)16-13(10-14)6-8-15-9-7-13/h2-5,15-16H,6-10,14H2,1H3. The van der Waals surface area contributed by atoms with Crippen LogP contribution in [0.15, 0.2) is 24.3 Å². The van der Waals surface area contributed by atoms with Crippen LogP contribution in [0.5, 0.6) is 0 Å². The van der Waals surface area contributed by atoms with Crippen molar-refractivity contribution >= 4 is 5.69 Å². The summed E-state index contributed by atoms with van der Waals surface area (Å²) in [4.78, 5) is 0. The number of anilines is 1. The molecule has 0 aromatic heterocycles. The van der Waals surface area contributed by atoms with Gasteiger partial charge in [-0.2, -0.15) is 0 Å². The maximum Gasteiger partial charge on any atom is 0.0519 e. The summed E-state index contributed by atoms with van der Waals surface area (Å²) in [5, 5.41) is 6.98. The number of aryl methyl sites for hydroxylation is 1. The lowest BCUT2D eigenvalue weighted by atomic mass is 9.88. The van der Waals surface area contributed by atoms with E-state index in [-0.39, 0.29) is 5.54 Å². The number of hydrogen-bond donors (Lipinski definition) is 3. The molecule has 0 spiro atoms. The Bertz CT molecular complexity index is 326. The molecule has 1 aliphatic rings. The molecule has 1 aliphatic heterocycles. The van der Waals surface area contributed by atoms with Crippen molar-refractivity contribution in [3.63, 3.8) is 0 Å². The molecule has 2 rings (SSSR count). The van der Waals surface area contributed by atoms with Crippen LogP contribution in [0, 0.1) is 6.92 Å². The molecule has 0 unspecified atom stereocenters. The molecule has 1 fully saturated rings. The third-order valence-electron chi connectivity index (χ3n) is 3.41. The Balaban J connectivity index is 2.08. The number of nitrogens with one attached hydrogen (secondary N) is 2. The van der Waals surface area contributed by atoms with Gasteiger partial charge in [-0.25, -0.2) is 0 Å². The van der Waals surface area contributed by atoms with E-state index in [0.29, 0.717) is 6.54 Å². The molecule has 0 bridgehead atoms. The van der Waals surface area contributed by atoms with E-state index in [2.05, 4.69) is 41.8 Å². The fraction of sp³-hybridized carbons (Fsp3) is 0.538. The van der Waals surface area contributed by atoms with Gasteiger partial charge in [0.25, 0.3) is 0 Å². The lowest BCUT2D eigenvalue weighted by Gasteiger charge is -2.38. The van der Waals surface area contributed by atoms with Gasteiger partial charge in [0.2, 0.25) is 0 Å². The Hall–Kier alpha value is -1.06. The van der Waals surface area contributed by atoms with E-state index in [1.807, 2.05) is 0 Å². The zero-order valence-corrected chi connectivity index (χ0v) is 9.92. The summed E-state index contributed by atoms with van der Waals surface area (Å²) in [5.41, 5.74) is 8.48. The Morgan fingerprint density at radius 2 is 1.88 bits per heavy atom. The molecule has 0 radical (unpaired) electrons. The number of rotatable bonds is 3. The molecule has 0 saturated carbocycles. The number of piperidine rings is 1. The van der Waals surface area contributed by atoms with Crippen LogP contribution in [-0.2, 0) is 0 Å². The molecule has 1 saturated heterocycles. The number of hydrogen-bond acceptors (Lipinski definition) is 3. The largest absolute Gasteiger partial charge is 0.378 e. The van der Waals surface area contributed by atoms with E-state index < -0.39 is 0 Å². The quantitative estimate of drug-likeness (QED) is 0.722. The second-order valence-electron chi connectivity index (χ2n) is 4.73. The molecule has 16 heavy (non-hydrogen) atoms. The summed E-state index contributed by atoms with van der Waals surface area (Å²) in [5.74, 6) is 0. The van der Waals surface area contributed by atoms with E-state index in [4.69, 9.17) is 5.73 Å². The van der Waals surface area contributed by atoms with Gasteiger partial charge in [0.05, 0.1) is 5.54 Å². The van der Waals surface area contributed by atoms with Gasteiger partial charge in [-0.15, -0.1) is 0 Å². The average Bonchev–Trinajstić information content (AvgIpc) is 2.33. The lowest BCUT2D eigenvalue weighted by Crippen LogP contribution is -2.52. The Morgan fingerprint density at radius 1 is 1.25 bits per heavy atom. The highest BCUT2D eigenvalue weighted by Gasteiger charge is 2.30. The minimum atomic E-state index is 0.0838. The molecule has 88 valence electrons. The number of nitrogens with two attached hydrogens (primary N) is 1. The Morgan fingerprint density at radius 3 is 2.44 bits per heavy atom. The fourth-order valence-electron chi connectivity index (χ4n) is 2.23. The smallest absolute Gasteiger partial charge is 0.0519 e. The van der Waals surface area contributed by atoms with Gasteiger partial charge in [-0.05, 0) is 45.0 Å². The number of benzene rings is 1. The zero-order valence-electron chi connectivity index (χ0n) is 9.92. The van der Waals surface area contributed by atoms with Crippen LogP contribution in [0.2, 0.25) is 0 Å². The second-order valence-corrected chi connectivity index (χ2v) is 4.73. The van der Waals surface area contributed by atoms with Crippen molar-refractivity contribution < 1.29 is 0 Å². The first-order valence-electron chi connectivity index (χ1n) is 6.00. The van der Waals surface area contributed by atoms with Crippen LogP contribution < -0.4 is 16.4 Å². The third-order valence-corrected chi connectivity index (χ3v) is 3.41. The highest BCUT2D eigenvalue weighted by atomic mass is 15.0. The van der Waals surface area contributed by atoms with Crippen LogP contribution in [0.4, 0.5) is 5.69 Å². The molecule has 0 aliphatic carbocycles. The van der Waals surface area contributed by atoms with Crippen LogP contribution in [-0.4, -0.2) is 25.2 Å². The van der Waals surface area contributed by atoms with Gasteiger partial charge in [-0.1, -0.05) is 17.7 Å². The predicted molar refractivity (Wildman–Crippen MR) is 68.7 cm³/mol. The molecule has 4 N–H and O–H groups in total. The minimum Gasteiger partial charge on any atom is -0.378 e. The first kappa shape index (κ1) is 11.4. The summed E-state index contributed by atoms with van der Waals surface area (Å²) < 4.78 is 0. The van der Waals surface area contributed by atoms with Crippen LogP contribution in [0.1, 0.15) is 18.4 Å². The van der Waals surface area contributed by atoms with E-state index in [0.717, 1.165) is 25.9 Å².